The molecule has 2 aliphatic rings. The van der Waals surface area contributed by atoms with Crippen LogP contribution in [0.2, 0.25) is 0 Å². The lowest BCUT2D eigenvalue weighted by Crippen LogP contribution is -2.62. The van der Waals surface area contributed by atoms with Crippen molar-refractivity contribution in [3.05, 3.63) is 96.6 Å². The van der Waals surface area contributed by atoms with E-state index in [-0.39, 0.29) is 17.9 Å². The van der Waals surface area contributed by atoms with Crippen molar-refractivity contribution in [3.8, 4) is 0 Å². The number of methoxy groups -OCH3 is 1. The molecule has 166 valence electrons. The fourth-order valence-electron chi connectivity index (χ4n) is 4.52. The summed E-state index contributed by atoms with van der Waals surface area (Å²) in [5.74, 6) is 0. The van der Waals surface area contributed by atoms with E-state index in [2.05, 4.69) is 24.3 Å². The van der Waals surface area contributed by atoms with Crippen molar-refractivity contribution in [3.63, 3.8) is 0 Å². The second kappa shape index (κ2) is 9.80. The number of rotatable bonds is 5. The van der Waals surface area contributed by atoms with E-state index >= 15 is 0 Å². The van der Waals surface area contributed by atoms with Crippen molar-refractivity contribution < 1.29 is 24.1 Å². The molecule has 0 radical (unpaired) electrons. The SMILES string of the molecule is COC1OC2COC(c3ccccc3)OC2C(P(c2ccccc2)c2ccccc2)C1O. The predicted molar refractivity (Wildman–Crippen MR) is 125 cm³/mol. The molecular weight excluding hydrogens is 423 g/mol. The van der Waals surface area contributed by atoms with Crippen LogP contribution in [0.25, 0.3) is 0 Å². The summed E-state index contributed by atoms with van der Waals surface area (Å²) in [7, 11) is 0.603. The Morgan fingerprint density at radius 1 is 0.812 bits per heavy atom. The molecule has 0 spiro atoms. The predicted octanol–water partition coefficient (Wildman–Crippen LogP) is 3.33. The average molecular weight is 450 g/mol. The number of fused-ring (bicyclic) bond motifs is 1. The van der Waals surface area contributed by atoms with Crippen LogP contribution in [0.3, 0.4) is 0 Å². The number of ether oxygens (including phenoxy) is 4. The third-order valence-corrected chi connectivity index (χ3v) is 8.91. The van der Waals surface area contributed by atoms with Gasteiger partial charge in [-0.15, -0.1) is 0 Å². The van der Waals surface area contributed by atoms with Gasteiger partial charge in [-0.1, -0.05) is 91.0 Å². The summed E-state index contributed by atoms with van der Waals surface area (Å²) < 4.78 is 24.2. The van der Waals surface area contributed by atoms with E-state index in [9.17, 15) is 5.11 Å². The molecule has 6 atom stereocenters. The van der Waals surface area contributed by atoms with Crippen LogP contribution in [0.5, 0.6) is 0 Å². The maximum atomic E-state index is 11.5. The van der Waals surface area contributed by atoms with Gasteiger partial charge in [0.05, 0.1) is 12.7 Å². The topological polar surface area (TPSA) is 57.2 Å². The molecule has 3 aromatic rings. The molecule has 0 amide bonds. The van der Waals surface area contributed by atoms with Gasteiger partial charge in [0.25, 0.3) is 0 Å². The van der Waals surface area contributed by atoms with Crippen LogP contribution in [0, 0.1) is 0 Å². The van der Waals surface area contributed by atoms with Crippen LogP contribution < -0.4 is 10.6 Å². The average Bonchev–Trinajstić information content (AvgIpc) is 2.87. The van der Waals surface area contributed by atoms with Gasteiger partial charge in [0.15, 0.2) is 12.6 Å². The van der Waals surface area contributed by atoms with Crippen LogP contribution >= 0.6 is 7.92 Å². The zero-order chi connectivity index (χ0) is 21.9. The van der Waals surface area contributed by atoms with E-state index in [1.165, 1.54) is 10.6 Å². The van der Waals surface area contributed by atoms with E-state index in [4.69, 9.17) is 18.9 Å². The summed E-state index contributed by atoms with van der Waals surface area (Å²) in [6.45, 7) is 0.375. The van der Waals surface area contributed by atoms with Crippen molar-refractivity contribution in [1.82, 2.24) is 0 Å². The Balaban J connectivity index is 1.57. The Bertz CT molecular complexity index is 947. The zero-order valence-corrected chi connectivity index (χ0v) is 18.8. The molecule has 1 N–H and O–H groups in total. The summed E-state index contributed by atoms with van der Waals surface area (Å²) in [6.07, 6.45) is -2.76. The quantitative estimate of drug-likeness (QED) is 0.605. The van der Waals surface area contributed by atoms with Crippen LogP contribution in [0.4, 0.5) is 0 Å². The van der Waals surface area contributed by atoms with Gasteiger partial charge >= 0.3 is 0 Å². The summed E-state index contributed by atoms with van der Waals surface area (Å²) >= 11 is 0. The van der Waals surface area contributed by atoms with Crippen molar-refractivity contribution in [2.45, 2.75) is 36.6 Å². The highest BCUT2D eigenvalue weighted by atomic mass is 31.1. The molecule has 0 saturated carbocycles. The first-order valence-corrected chi connectivity index (χ1v) is 12.2. The fourth-order valence-corrected chi connectivity index (χ4v) is 7.50. The summed E-state index contributed by atoms with van der Waals surface area (Å²) in [6, 6.07) is 30.6. The summed E-state index contributed by atoms with van der Waals surface area (Å²) in [4.78, 5) is 0. The lowest BCUT2D eigenvalue weighted by molar-refractivity contribution is -0.330. The lowest BCUT2D eigenvalue weighted by Gasteiger charge is -2.50. The van der Waals surface area contributed by atoms with E-state index in [1.54, 1.807) is 7.11 Å². The van der Waals surface area contributed by atoms with Crippen LogP contribution in [-0.4, -0.2) is 49.1 Å². The minimum atomic E-state index is -0.963. The van der Waals surface area contributed by atoms with Gasteiger partial charge < -0.3 is 24.1 Å². The molecule has 6 heteroatoms. The van der Waals surface area contributed by atoms with Crippen LogP contribution in [0.1, 0.15) is 11.9 Å². The highest BCUT2D eigenvalue weighted by Gasteiger charge is 2.52. The molecule has 5 nitrogen and oxygen atoms in total. The number of hydrogen-bond donors (Lipinski definition) is 1. The molecular formula is C26H27O5P. The smallest absolute Gasteiger partial charge is 0.184 e. The van der Waals surface area contributed by atoms with E-state index in [0.717, 1.165) is 5.56 Å². The first-order chi connectivity index (χ1) is 15.8. The van der Waals surface area contributed by atoms with Gasteiger partial charge in [-0.2, -0.15) is 0 Å². The molecule has 2 aliphatic heterocycles. The molecule has 0 bridgehead atoms. The maximum absolute atomic E-state index is 11.5. The van der Waals surface area contributed by atoms with E-state index in [0.29, 0.717) is 6.61 Å². The van der Waals surface area contributed by atoms with Gasteiger partial charge in [0.1, 0.15) is 12.2 Å². The molecule has 0 aliphatic carbocycles. The monoisotopic (exact) mass is 450 g/mol. The molecule has 2 saturated heterocycles. The Hall–Kier alpha value is -2.11. The Morgan fingerprint density at radius 3 is 1.94 bits per heavy atom. The second-order valence-electron chi connectivity index (χ2n) is 7.98. The van der Waals surface area contributed by atoms with Crippen molar-refractivity contribution in [2.75, 3.05) is 13.7 Å². The van der Waals surface area contributed by atoms with Crippen molar-refractivity contribution >= 4 is 18.5 Å². The molecule has 2 fully saturated rings. The minimum Gasteiger partial charge on any atom is -0.387 e. The summed E-state index contributed by atoms with van der Waals surface area (Å²) in [5, 5.41) is 13.8. The van der Waals surface area contributed by atoms with E-state index < -0.39 is 26.6 Å². The molecule has 6 unspecified atom stereocenters. The van der Waals surface area contributed by atoms with Gasteiger partial charge in [0.2, 0.25) is 0 Å². The van der Waals surface area contributed by atoms with E-state index in [1.807, 2.05) is 66.7 Å². The number of benzene rings is 3. The van der Waals surface area contributed by atoms with Gasteiger partial charge in [-0.3, -0.25) is 0 Å². The maximum Gasteiger partial charge on any atom is 0.184 e. The number of aliphatic hydroxyl groups is 1. The zero-order valence-electron chi connectivity index (χ0n) is 17.9. The van der Waals surface area contributed by atoms with Gasteiger partial charge in [0, 0.05) is 18.3 Å². The minimum absolute atomic E-state index is 0.228. The molecule has 0 aromatic heterocycles. The van der Waals surface area contributed by atoms with Crippen molar-refractivity contribution in [2.24, 2.45) is 0 Å². The normalized spacial score (nSPS) is 30.1. The standard InChI is InChI=1S/C26H27O5P/c1-28-26-22(27)24(32(19-13-7-3-8-14-19)20-15-9-4-10-16-20)23-21(30-26)17-29-25(31-23)18-11-5-2-6-12-18/h2-16,21-27H,17H2,1H3. The molecule has 2 heterocycles. The Morgan fingerprint density at radius 2 is 1.38 bits per heavy atom. The second-order valence-corrected chi connectivity index (χ2v) is 10.3. The highest BCUT2D eigenvalue weighted by molar-refractivity contribution is 7.73. The molecule has 5 rings (SSSR count). The number of aliphatic hydroxyl groups excluding tert-OH is 1. The van der Waals surface area contributed by atoms with Gasteiger partial charge in [-0.05, 0) is 18.5 Å². The third kappa shape index (κ3) is 4.25. The van der Waals surface area contributed by atoms with Crippen LogP contribution in [-0.2, 0) is 18.9 Å². The Labute approximate surface area is 189 Å². The first kappa shape index (κ1) is 21.7. The van der Waals surface area contributed by atoms with Crippen LogP contribution in [0.15, 0.2) is 91.0 Å². The molecule has 32 heavy (non-hydrogen) atoms. The van der Waals surface area contributed by atoms with Gasteiger partial charge in [-0.25, -0.2) is 0 Å². The lowest BCUT2D eigenvalue weighted by atomic mass is 10.0. The molecule has 3 aromatic carbocycles. The fraction of sp³-hybridized carbons (Fsp3) is 0.308. The largest absolute Gasteiger partial charge is 0.387 e. The summed E-state index contributed by atoms with van der Waals surface area (Å²) in [5.41, 5.74) is 0.727. The number of hydrogen-bond acceptors (Lipinski definition) is 5. The van der Waals surface area contributed by atoms with Crippen molar-refractivity contribution in [1.29, 1.82) is 0 Å². The third-order valence-electron chi connectivity index (χ3n) is 6.00. The highest BCUT2D eigenvalue weighted by Crippen LogP contribution is 2.49. The first-order valence-electron chi connectivity index (χ1n) is 10.8. The Kier molecular flexibility index (Phi) is 6.65.